The van der Waals surface area contributed by atoms with Gasteiger partial charge in [0.25, 0.3) is 11.5 Å². The van der Waals surface area contributed by atoms with Gasteiger partial charge in [-0.05, 0) is 12.8 Å². The molecule has 0 saturated carbocycles. The molecule has 2 aliphatic rings. The summed E-state index contributed by atoms with van der Waals surface area (Å²) in [6.45, 7) is 5.19. The quantitative estimate of drug-likeness (QED) is 0.576. The van der Waals surface area contributed by atoms with Crippen LogP contribution in [0, 0.1) is 5.92 Å². The molecule has 2 aliphatic heterocycles. The highest BCUT2D eigenvalue weighted by Gasteiger charge is 2.69. The molecule has 0 bridgehead atoms. The second-order valence-electron chi connectivity index (χ2n) is 5.34. The Bertz CT molecular complexity index is 444. The Morgan fingerprint density at radius 2 is 2.11 bits per heavy atom. The Kier molecular flexibility index (Phi) is 2.75. The zero-order valence-corrected chi connectivity index (χ0v) is 10.6. The van der Waals surface area contributed by atoms with Gasteiger partial charge in [-0.2, -0.15) is 0 Å². The molecule has 18 heavy (non-hydrogen) atoms. The van der Waals surface area contributed by atoms with Crippen LogP contribution < -0.4 is 5.32 Å². The van der Waals surface area contributed by atoms with E-state index in [1.165, 1.54) is 6.92 Å². The standard InChI is InChI=1S/C12H17NO5/c1-6(2)5-11(17)9(15)12(10(16)13-11)8(14)4-7(3)18-12/h4,6,9,15,17H,5H2,1-3H3,(H,13,16)/t9-,11+,12+/m1/s1. The lowest BCUT2D eigenvalue weighted by Gasteiger charge is -2.31. The van der Waals surface area contributed by atoms with Gasteiger partial charge >= 0.3 is 0 Å². The van der Waals surface area contributed by atoms with Crippen LogP contribution in [0.4, 0.5) is 0 Å². The van der Waals surface area contributed by atoms with Crippen molar-refractivity contribution < 1.29 is 24.5 Å². The molecule has 3 N–H and O–H groups in total. The van der Waals surface area contributed by atoms with E-state index in [-0.39, 0.29) is 18.1 Å². The first-order valence-electron chi connectivity index (χ1n) is 5.87. The van der Waals surface area contributed by atoms with Crippen molar-refractivity contribution >= 4 is 11.7 Å². The van der Waals surface area contributed by atoms with Crippen LogP contribution in [0.1, 0.15) is 27.2 Å². The third kappa shape index (κ3) is 1.56. The summed E-state index contributed by atoms with van der Waals surface area (Å²) in [5, 5.41) is 22.8. The lowest BCUT2D eigenvalue weighted by atomic mass is 9.87. The summed E-state index contributed by atoms with van der Waals surface area (Å²) < 4.78 is 5.21. The summed E-state index contributed by atoms with van der Waals surface area (Å²) in [4.78, 5) is 23.8. The second-order valence-corrected chi connectivity index (χ2v) is 5.34. The summed E-state index contributed by atoms with van der Waals surface area (Å²) in [5.41, 5.74) is -3.85. The molecule has 0 radical (unpaired) electrons. The number of aliphatic hydroxyl groups excluding tert-OH is 1. The molecule has 2 rings (SSSR count). The van der Waals surface area contributed by atoms with E-state index >= 15 is 0 Å². The first-order chi connectivity index (χ1) is 8.22. The monoisotopic (exact) mass is 255 g/mol. The molecule has 0 aromatic heterocycles. The number of carbonyl (C=O) groups is 2. The summed E-state index contributed by atoms with van der Waals surface area (Å²) in [6, 6.07) is 0. The molecule has 3 atom stereocenters. The smallest absolute Gasteiger partial charge is 0.277 e. The number of allylic oxidation sites excluding steroid dienone is 1. The lowest BCUT2D eigenvalue weighted by Crippen LogP contribution is -2.56. The zero-order valence-electron chi connectivity index (χ0n) is 10.6. The Balaban J connectivity index is 2.37. The largest absolute Gasteiger partial charge is 0.471 e. The number of ether oxygens (including phenoxy) is 1. The van der Waals surface area contributed by atoms with Crippen LogP contribution in [0.3, 0.4) is 0 Å². The molecule has 1 saturated heterocycles. The fourth-order valence-corrected chi connectivity index (χ4v) is 2.58. The Labute approximate surface area is 105 Å². The fraction of sp³-hybridized carbons (Fsp3) is 0.667. The van der Waals surface area contributed by atoms with Crippen LogP contribution in [-0.2, 0) is 14.3 Å². The molecular formula is C12H17NO5. The van der Waals surface area contributed by atoms with Crippen molar-refractivity contribution in [2.75, 3.05) is 0 Å². The number of carbonyl (C=O) groups excluding carboxylic acids is 2. The first kappa shape index (κ1) is 13.0. The van der Waals surface area contributed by atoms with Crippen molar-refractivity contribution in [3.05, 3.63) is 11.8 Å². The van der Waals surface area contributed by atoms with Crippen molar-refractivity contribution in [1.29, 1.82) is 0 Å². The van der Waals surface area contributed by atoms with Crippen LogP contribution in [-0.4, -0.2) is 39.3 Å². The van der Waals surface area contributed by atoms with Crippen LogP contribution in [0.5, 0.6) is 0 Å². The van der Waals surface area contributed by atoms with Gasteiger partial charge in [0.05, 0.1) is 5.76 Å². The van der Waals surface area contributed by atoms with Crippen molar-refractivity contribution in [3.63, 3.8) is 0 Å². The van der Waals surface area contributed by atoms with Crippen molar-refractivity contribution in [2.24, 2.45) is 5.92 Å². The second kappa shape index (κ2) is 3.80. The molecule has 0 aliphatic carbocycles. The maximum Gasteiger partial charge on any atom is 0.277 e. The van der Waals surface area contributed by atoms with E-state index < -0.39 is 29.1 Å². The van der Waals surface area contributed by atoms with Gasteiger partial charge in [0.15, 0.2) is 11.8 Å². The topological polar surface area (TPSA) is 95.9 Å². The van der Waals surface area contributed by atoms with Gasteiger partial charge in [0.2, 0.25) is 5.78 Å². The Morgan fingerprint density at radius 1 is 1.50 bits per heavy atom. The Morgan fingerprint density at radius 3 is 2.56 bits per heavy atom. The van der Waals surface area contributed by atoms with E-state index in [4.69, 9.17) is 4.74 Å². The highest BCUT2D eigenvalue weighted by Crippen LogP contribution is 2.40. The van der Waals surface area contributed by atoms with Gasteiger partial charge in [-0.15, -0.1) is 0 Å². The van der Waals surface area contributed by atoms with Crippen molar-refractivity contribution in [1.82, 2.24) is 5.32 Å². The summed E-state index contributed by atoms with van der Waals surface area (Å²) in [6.07, 6.45) is -0.331. The van der Waals surface area contributed by atoms with E-state index in [2.05, 4.69) is 5.32 Å². The molecule has 1 fully saturated rings. The molecule has 6 nitrogen and oxygen atoms in total. The number of nitrogens with one attached hydrogen (secondary N) is 1. The molecule has 0 unspecified atom stereocenters. The number of amides is 1. The fourth-order valence-electron chi connectivity index (χ4n) is 2.58. The minimum Gasteiger partial charge on any atom is -0.471 e. The van der Waals surface area contributed by atoms with Crippen molar-refractivity contribution in [2.45, 2.75) is 44.6 Å². The average molecular weight is 255 g/mol. The minimum atomic E-state index is -2.02. The van der Waals surface area contributed by atoms with E-state index in [1.807, 2.05) is 13.8 Å². The summed E-state index contributed by atoms with van der Waals surface area (Å²) >= 11 is 0. The third-order valence-corrected chi connectivity index (χ3v) is 3.25. The summed E-state index contributed by atoms with van der Waals surface area (Å²) in [5.74, 6) is -1.14. The third-order valence-electron chi connectivity index (χ3n) is 3.25. The van der Waals surface area contributed by atoms with E-state index in [0.29, 0.717) is 0 Å². The normalized spacial score (nSPS) is 39.2. The minimum absolute atomic E-state index is 0.0330. The SMILES string of the molecule is CC1=CC(=O)[C@@]2(O1)C(=O)N[C@](O)(CC(C)C)[C@H]2O. The van der Waals surface area contributed by atoms with E-state index in [9.17, 15) is 19.8 Å². The first-order valence-corrected chi connectivity index (χ1v) is 5.87. The van der Waals surface area contributed by atoms with Gasteiger partial charge in [-0.1, -0.05) is 13.8 Å². The molecule has 2 heterocycles. The number of hydrogen-bond donors (Lipinski definition) is 3. The van der Waals surface area contributed by atoms with Gasteiger partial charge < -0.3 is 20.3 Å². The molecule has 1 amide bonds. The maximum absolute atomic E-state index is 12.0. The molecule has 1 spiro atoms. The molecule has 6 heteroatoms. The zero-order chi connectivity index (χ0) is 13.7. The van der Waals surface area contributed by atoms with Gasteiger partial charge in [0, 0.05) is 12.5 Å². The number of rotatable bonds is 2. The highest BCUT2D eigenvalue weighted by atomic mass is 16.5. The highest BCUT2D eigenvalue weighted by molar-refractivity contribution is 6.18. The van der Waals surface area contributed by atoms with Crippen molar-refractivity contribution in [3.8, 4) is 0 Å². The number of aliphatic hydroxyl groups is 2. The predicted molar refractivity (Wildman–Crippen MR) is 61.1 cm³/mol. The van der Waals surface area contributed by atoms with Gasteiger partial charge in [-0.3, -0.25) is 9.59 Å². The molecule has 0 aromatic rings. The lowest BCUT2D eigenvalue weighted by molar-refractivity contribution is -0.163. The van der Waals surface area contributed by atoms with E-state index in [1.54, 1.807) is 0 Å². The molecule has 0 aromatic carbocycles. The van der Waals surface area contributed by atoms with Crippen LogP contribution >= 0.6 is 0 Å². The predicted octanol–water partition coefficient (Wildman–Crippen LogP) is -0.546. The maximum atomic E-state index is 12.0. The van der Waals surface area contributed by atoms with Gasteiger partial charge in [-0.25, -0.2) is 0 Å². The van der Waals surface area contributed by atoms with Gasteiger partial charge in [0.1, 0.15) is 0 Å². The number of ketones is 1. The summed E-state index contributed by atoms with van der Waals surface area (Å²) in [7, 11) is 0. The molecular weight excluding hydrogens is 238 g/mol. The van der Waals surface area contributed by atoms with E-state index in [0.717, 1.165) is 6.08 Å². The van der Waals surface area contributed by atoms with Crippen LogP contribution in [0.25, 0.3) is 0 Å². The number of hydrogen-bond acceptors (Lipinski definition) is 5. The van der Waals surface area contributed by atoms with Crippen LogP contribution in [0.2, 0.25) is 0 Å². The Hall–Kier alpha value is -1.40. The average Bonchev–Trinajstić information content (AvgIpc) is 2.59. The molecule has 100 valence electrons. The van der Waals surface area contributed by atoms with Crippen LogP contribution in [0.15, 0.2) is 11.8 Å².